The van der Waals surface area contributed by atoms with Crippen LogP contribution in [0.1, 0.15) is 53.1 Å². The molecule has 0 fully saturated rings. The fourth-order valence-corrected chi connectivity index (χ4v) is 2.93. The summed E-state index contributed by atoms with van der Waals surface area (Å²) in [5.41, 5.74) is 3.26. The molecule has 0 spiro atoms. The quantitative estimate of drug-likeness (QED) is 0.765. The van der Waals surface area contributed by atoms with Gasteiger partial charge in [-0.25, -0.2) is 0 Å². The number of H-pyrrole nitrogens is 1. The van der Waals surface area contributed by atoms with Crippen LogP contribution in [-0.2, 0) is 11.2 Å². The van der Waals surface area contributed by atoms with Gasteiger partial charge in [0.25, 0.3) is 5.91 Å². The van der Waals surface area contributed by atoms with Crippen molar-refractivity contribution in [3.05, 3.63) is 53.1 Å². The van der Waals surface area contributed by atoms with Gasteiger partial charge in [-0.1, -0.05) is 6.08 Å². The lowest BCUT2D eigenvalue weighted by molar-refractivity contribution is -0.136. The smallest absolute Gasteiger partial charge is 0.309 e. The summed E-state index contributed by atoms with van der Waals surface area (Å²) in [4.78, 5) is 30.7. The first kappa shape index (κ1) is 17.4. The first-order valence-electron chi connectivity index (χ1n) is 8.38. The van der Waals surface area contributed by atoms with E-state index in [4.69, 9.17) is 10.4 Å². The van der Waals surface area contributed by atoms with Crippen LogP contribution in [0.5, 0.6) is 0 Å². The maximum absolute atomic E-state index is 12.4. The van der Waals surface area contributed by atoms with Gasteiger partial charge in [0, 0.05) is 6.20 Å². The molecule has 0 saturated carbocycles. The maximum Gasteiger partial charge on any atom is 0.309 e. The third kappa shape index (κ3) is 3.98. The van der Waals surface area contributed by atoms with E-state index in [1.807, 2.05) is 6.07 Å². The third-order valence-electron chi connectivity index (χ3n) is 4.19. The van der Waals surface area contributed by atoms with E-state index >= 15 is 0 Å². The molecule has 2 aromatic heterocycles. The Balaban J connectivity index is 1.91. The van der Waals surface area contributed by atoms with E-state index in [1.165, 1.54) is 12.3 Å². The van der Waals surface area contributed by atoms with E-state index < -0.39 is 5.97 Å². The van der Waals surface area contributed by atoms with Gasteiger partial charge in [0.2, 0.25) is 0 Å². The van der Waals surface area contributed by atoms with E-state index in [9.17, 15) is 9.59 Å². The fraction of sp³-hybridized carbons (Fsp3) is 0.263. The maximum atomic E-state index is 12.4. The molecule has 3 N–H and O–H groups in total. The SMILES string of the molecule is N#Cc1c[nH]c(C(=O)Nc2ccc(CC(=O)O)nc2C2=CCCCC2)c1. The highest BCUT2D eigenvalue weighted by Crippen LogP contribution is 2.31. The number of nitriles is 1. The van der Waals surface area contributed by atoms with Crippen molar-refractivity contribution >= 4 is 23.1 Å². The lowest BCUT2D eigenvalue weighted by Gasteiger charge is -2.17. The molecule has 26 heavy (non-hydrogen) atoms. The van der Waals surface area contributed by atoms with Crippen LogP contribution >= 0.6 is 0 Å². The van der Waals surface area contributed by atoms with Crippen molar-refractivity contribution in [2.45, 2.75) is 32.1 Å². The van der Waals surface area contributed by atoms with Crippen molar-refractivity contribution in [2.24, 2.45) is 0 Å². The topological polar surface area (TPSA) is 119 Å². The van der Waals surface area contributed by atoms with Gasteiger partial charge in [-0.05, 0) is 49.5 Å². The van der Waals surface area contributed by atoms with Crippen molar-refractivity contribution in [3.8, 4) is 6.07 Å². The molecule has 3 rings (SSSR count). The highest BCUT2D eigenvalue weighted by atomic mass is 16.4. The highest BCUT2D eigenvalue weighted by Gasteiger charge is 2.17. The molecule has 2 aromatic rings. The lowest BCUT2D eigenvalue weighted by Crippen LogP contribution is -2.15. The van der Waals surface area contributed by atoms with Crippen LogP contribution in [0.4, 0.5) is 5.69 Å². The number of hydrogen-bond donors (Lipinski definition) is 3. The Morgan fingerprint density at radius 3 is 2.85 bits per heavy atom. The van der Waals surface area contributed by atoms with Gasteiger partial charge >= 0.3 is 5.97 Å². The van der Waals surface area contributed by atoms with Gasteiger partial charge in [-0.3, -0.25) is 14.6 Å². The second kappa shape index (κ2) is 7.66. The molecule has 0 atom stereocenters. The summed E-state index contributed by atoms with van der Waals surface area (Å²) in [6.45, 7) is 0. The number of carboxylic acid groups (broad SMARTS) is 1. The molecule has 0 unspecified atom stereocenters. The van der Waals surface area contributed by atoms with Crippen LogP contribution in [-0.4, -0.2) is 27.0 Å². The van der Waals surface area contributed by atoms with Gasteiger partial charge in [-0.2, -0.15) is 5.26 Å². The molecule has 0 radical (unpaired) electrons. The number of hydrogen-bond acceptors (Lipinski definition) is 4. The lowest BCUT2D eigenvalue weighted by atomic mass is 9.95. The summed E-state index contributed by atoms with van der Waals surface area (Å²) in [5.74, 6) is -1.33. The first-order chi connectivity index (χ1) is 12.6. The second-order valence-electron chi connectivity index (χ2n) is 6.11. The number of carboxylic acids is 1. The number of nitrogens with zero attached hydrogens (tertiary/aromatic N) is 2. The standard InChI is InChI=1S/C19H18N4O3/c20-10-12-8-16(21-11-12)19(26)23-15-7-6-14(9-17(24)25)22-18(15)13-4-2-1-3-5-13/h4,6-8,11,21H,1-3,5,9H2,(H,23,26)(H,24,25). The molecule has 1 aliphatic rings. The number of carbonyl (C=O) groups excluding carboxylic acids is 1. The minimum Gasteiger partial charge on any atom is -0.481 e. The molecule has 2 heterocycles. The van der Waals surface area contributed by atoms with Gasteiger partial charge in [-0.15, -0.1) is 0 Å². The average Bonchev–Trinajstić information content (AvgIpc) is 3.12. The summed E-state index contributed by atoms with van der Waals surface area (Å²) in [6.07, 6.45) is 7.31. The normalized spacial score (nSPS) is 13.6. The van der Waals surface area contributed by atoms with Crippen LogP contribution in [0.2, 0.25) is 0 Å². The number of allylic oxidation sites excluding steroid dienone is 2. The molecule has 132 valence electrons. The number of aliphatic carboxylic acids is 1. The minimum atomic E-state index is -0.951. The molecule has 0 bridgehead atoms. The molecule has 0 aliphatic heterocycles. The van der Waals surface area contributed by atoms with Crippen molar-refractivity contribution in [3.63, 3.8) is 0 Å². The zero-order valence-electron chi connectivity index (χ0n) is 14.1. The molecule has 1 amide bonds. The number of aromatic nitrogens is 2. The van der Waals surface area contributed by atoms with Crippen LogP contribution < -0.4 is 5.32 Å². The Hall–Kier alpha value is -3.40. The van der Waals surface area contributed by atoms with Crippen molar-refractivity contribution in [2.75, 3.05) is 5.32 Å². The summed E-state index contributed by atoms with van der Waals surface area (Å²) >= 11 is 0. The van der Waals surface area contributed by atoms with E-state index in [0.29, 0.717) is 22.6 Å². The zero-order chi connectivity index (χ0) is 18.5. The third-order valence-corrected chi connectivity index (χ3v) is 4.19. The number of aromatic amines is 1. The number of pyridine rings is 1. The Labute approximate surface area is 150 Å². The zero-order valence-corrected chi connectivity index (χ0v) is 14.1. The fourth-order valence-electron chi connectivity index (χ4n) is 2.93. The van der Waals surface area contributed by atoms with Crippen molar-refractivity contribution < 1.29 is 14.7 Å². The molecule has 7 nitrogen and oxygen atoms in total. The van der Waals surface area contributed by atoms with Crippen LogP contribution in [0.3, 0.4) is 0 Å². The number of anilines is 1. The Morgan fingerprint density at radius 1 is 1.35 bits per heavy atom. The summed E-state index contributed by atoms with van der Waals surface area (Å²) in [6, 6.07) is 6.73. The summed E-state index contributed by atoms with van der Waals surface area (Å²) in [5, 5.41) is 20.7. The van der Waals surface area contributed by atoms with E-state index in [1.54, 1.807) is 12.1 Å². The van der Waals surface area contributed by atoms with Gasteiger partial charge in [0.15, 0.2) is 0 Å². The Kier molecular flexibility index (Phi) is 5.13. The second-order valence-corrected chi connectivity index (χ2v) is 6.11. The molecule has 7 heteroatoms. The average molecular weight is 350 g/mol. The largest absolute Gasteiger partial charge is 0.481 e. The highest BCUT2D eigenvalue weighted by molar-refractivity contribution is 6.04. The summed E-state index contributed by atoms with van der Waals surface area (Å²) in [7, 11) is 0. The number of carbonyl (C=O) groups is 2. The number of amides is 1. The van der Waals surface area contributed by atoms with Gasteiger partial charge < -0.3 is 15.4 Å². The molecule has 0 saturated heterocycles. The van der Waals surface area contributed by atoms with E-state index in [2.05, 4.69) is 21.4 Å². The van der Waals surface area contributed by atoms with E-state index in [-0.39, 0.29) is 18.0 Å². The van der Waals surface area contributed by atoms with Gasteiger partial charge in [0.1, 0.15) is 11.8 Å². The molecular formula is C19H18N4O3. The predicted molar refractivity (Wildman–Crippen MR) is 95.5 cm³/mol. The minimum absolute atomic E-state index is 0.170. The van der Waals surface area contributed by atoms with Crippen LogP contribution in [0.15, 0.2) is 30.5 Å². The monoisotopic (exact) mass is 350 g/mol. The Morgan fingerprint density at radius 2 is 2.19 bits per heavy atom. The summed E-state index contributed by atoms with van der Waals surface area (Å²) < 4.78 is 0. The van der Waals surface area contributed by atoms with Crippen molar-refractivity contribution in [1.29, 1.82) is 5.26 Å². The molecule has 1 aliphatic carbocycles. The van der Waals surface area contributed by atoms with Gasteiger partial charge in [0.05, 0.1) is 29.1 Å². The molecule has 0 aromatic carbocycles. The molecular weight excluding hydrogens is 332 g/mol. The van der Waals surface area contributed by atoms with E-state index in [0.717, 1.165) is 31.3 Å². The van der Waals surface area contributed by atoms with Crippen LogP contribution in [0, 0.1) is 11.3 Å². The van der Waals surface area contributed by atoms with Crippen molar-refractivity contribution in [1.82, 2.24) is 9.97 Å². The number of nitrogens with one attached hydrogen (secondary N) is 2. The van der Waals surface area contributed by atoms with Crippen LogP contribution in [0.25, 0.3) is 5.57 Å². The first-order valence-corrected chi connectivity index (χ1v) is 8.38. The predicted octanol–water partition coefficient (Wildman–Crippen LogP) is 3.12. The Bertz CT molecular complexity index is 921. The number of rotatable bonds is 5.